The van der Waals surface area contributed by atoms with Gasteiger partial charge >= 0.3 is 0 Å². The van der Waals surface area contributed by atoms with Gasteiger partial charge < -0.3 is 10.3 Å². The average Bonchev–Trinajstić information content (AvgIpc) is 2.79. The number of aromatic nitrogens is 3. The molecule has 0 amide bonds. The summed E-state index contributed by atoms with van der Waals surface area (Å²) >= 11 is 0. The van der Waals surface area contributed by atoms with Crippen LogP contribution in [0.4, 0.5) is 5.82 Å². The minimum atomic E-state index is 0.185. The summed E-state index contributed by atoms with van der Waals surface area (Å²) in [6.45, 7) is 4.11. The zero-order valence-electron chi connectivity index (χ0n) is 9.57. The van der Waals surface area contributed by atoms with Gasteiger partial charge in [0.15, 0.2) is 0 Å². The number of anilines is 1. The van der Waals surface area contributed by atoms with Crippen molar-refractivity contribution >= 4 is 5.82 Å². The van der Waals surface area contributed by atoms with E-state index in [9.17, 15) is 0 Å². The highest BCUT2D eigenvalue weighted by Gasteiger charge is 2.11. The maximum absolute atomic E-state index is 4.42. The maximum Gasteiger partial charge on any atom is 0.128 e. The number of H-pyrrole nitrogens is 1. The van der Waals surface area contributed by atoms with E-state index in [1.807, 2.05) is 31.3 Å². The van der Waals surface area contributed by atoms with Gasteiger partial charge in [-0.05, 0) is 25.5 Å². The molecule has 0 radical (unpaired) electrons. The van der Waals surface area contributed by atoms with Crippen molar-refractivity contribution in [3.05, 3.63) is 42.1 Å². The highest BCUT2D eigenvalue weighted by molar-refractivity contribution is 5.37. The third-order valence-corrected chi connectivity index (χ3v) is 2.47. The Morgan fingerprint density at radius 2 is 2.31 bits per heavy atom. The minimum absolute atomic E-state index is 0.185. The van der Waals surface area contributed by atoms with Gasteiger partial charge in [0.1, 0.15) is 11.6 Å². The molecule has 2 rings (SSSR count). The molecule has 1 unspecified atom stereocenters. The molecule has 0 aliphatic rings. The Kier molecular flexibility index (Phi) is 3.19. The van der Waals surface area contributed by atoms with Crippen LogP contribution in [-0.2, 0) is 0 Å². The molecule has 0 saturated heterocycles. The number of hydrogen-bond donors (Lipinski definition) is 2. The summed E-state index contributed by atoms with van der Waals surface area (Å²) in [5, 5.41) is 3.37. The molecule has 2 aromatic heterocycles. The summed E-state index contributed by atoms with van der Waals surface area (Å²) in [6, 6.07) is 6.14. The standard InChI is InChI=1S/C12H16N4/c1-3-10(12-13-7-8-14-12)16-11-6-4-5-9(2)15-11/h4-8,10H,3H2,1-2H3,(H,13,14)(H,15,16). The predicted octanol–water partition coefficient (Wildman–Crippen LogP) is 2.68. The second-order valence-corrected chi connectivity index (χ2v) is 3.74. The van der Waals surface area contributed by atoms with Crippen molar-refractivity contribution in [2.24, 2.45) is 0 Å². The van der Waals surface area contributed by atoms with Crippen molar-refractivity contribution in [3.8, 4) is 0 Å². The summed E-state index contributed by atoms with van der Waals surface area (Å²) in [7, 11) is 0. The lowest BCUT2D eigenvalue weighted by molar-refractivity contribution is 0.700. The number of hydrogen-bond acceptors (Lipinski definition) is 3. The van der Waals surface area contributed by atoms with Crippen LogP contribution in [0.3, 0.4) is 0 Å². The van der Waals surface area contributed by atoms with E-state index in [0.717, 1.165) is 23.8 Å². The Labute approximate surface area is 95.1 Å². The van der Waals surface area contributed by atoms with Gasteiger partial charge in [0.05, 0.1) is 6.04 Å². The van der Waals surface area contributed by atoms with Crippen LogP contribution in [0.5, 0.6) is 0 Å². The highest BCUT2D eigenvalue weighted by atomic mass is 15.1. The van der Waals surface area contributed by atoms with Gasteiger partial charge in [-0.3, -0.25) is 0 Å². The van der Waals surface area contributed by atoms with Crippen LogP contribution in [0.2, 0.25) is 0 Å². The van der Waals surface area contributed by atoms with Crippen LogP contribution in [0, 0.1) is 6.92 Å². The molecular weight excluding hydrogens is 200 g/mol. The second-order valence-electron chi connectivity index (χ2n) is 3.74. The lowest BCUT2D eigenvalue weighted by atomic mass is 10.2. The van der Waals surface area contributed by atoms with Crippen LogP contribution < -0.4 is 5.32 Å². The van der Waals surface area contributed by atoms with Crippen molar-refractivity contribution in [3.63, 3.8) is 0 Å². The number of nitrogens with one attached hydrogen (secondary N) is 2. The number of aryl methyl sites for hydroxylation is 1. The minimum Gasteiger partial charge on any atom is -0.360 e. The van der Waals surface area contributed by atoms with Gasteiger partial charge in [-0.15, -0.1) is 0 Å². The summed E-state index contributed by atoms with van der Waals surface area (Å²) in [5.74, 6) is 1.84. The molecule has 2 N–H and O–H groups in total. The Morgan fingerprint density at radius 1 is 1.44 bits per heavy atom. The molecule has 2 aromatic rings. The Bertz CT molecular complexity index is 436. The third kappa shape index (κ3) is 2.39. The largest absolute Gasteiger partial charge is 0.360 e. The van der Waals surface area contributed by atoms with Crippen LogP contribution in [0.15, 0.2) is 30.6 Å². The molecule has 0 fully saturated rings. The van der Waals surface area contributed by atoms with Gasteiger partial charge in [0, 0.05) is 18.1 Å². The number of imidazole rings is 1. The first-order valence-corrected chi connectivity index (χ1v) is 5.49. The SMILES string of the molecule is CCC(Nc1cccc(C)n1)c1ncc[nH]1. The zero-order chi connectivity index (χ0) is 11.4. The van der Waals surface area contributed by atoms with Gasteiger partial charge in [-0.25, -0.2) is 9.97 Å². The fourth-order valence-electron chi connectivity index (χ4n) is 1.63. The number of aromatic amines is 1. The van der Waals surface area contributed by atoms with Crippen molar-refractivity contribution in [2.45, 2.75) is 26.3 Å². The number of nitrogens with zero attached hydrogens (tertiary/aromatic N) is 2. The molecule has 0 aliphatic heterocycles. The molecule has 0 spiro atoms. The third-order valence-electron chi connectivity index (χ3n) is 2.47. The predicted molar refractivity (Wildman–Crippen MR) is 64.2 cm³/mol. The molecule has 16 heavy (non-hydrogen) atoms. The Balaban J connectivity index is 2.13. The van der Waals surface area contributed by atoms with Crippen molar-refractivity contribution in [1.29, 1.82) is 0 Å². The lowest BCUT2D eigenvalue weighted by Gasteiger charge is -2.15. The van der Waals surface area contributed by atoms with E-state index in [1.54, 1.807) is 6.20 Å². The summed E-state index contributed by atoms with van der Waals surface area (Å²) in [5.41, 5.74) is 1.01. The van der Waals surface area contributed by atoms with Crippen LogP contribution in [0.25, 0.3) is 0 Å². The molecule has 0 aromatic carbocycles. The van der Waals surface area contributed by atoms with Gasteiger partial charge in [0.25, 0.3) is 0 Å². The fourth-order valence-corrected chi connectivity index (χ4v) is 1.63. The molecule has 1 atom stereocenters. The van der Waals surface area contributed by atoms with E-state index in [1.165, 1.54) is 0 Å². The first-order chi connectivity index (χ1) is 7.79. The van der Waals surface area contributed by atoms with E-state index < -0.39 is 0 Å². The van der Waals surface area contributed by atoms with Crippen LogP contribution in [-0.4, -0.2) is 15.0 Å². The van der Waals surface area contributed by atoms with E-state index in [0.29, 0.717) is 0 Å². The van der Waals surface area contributed by atoms with E-state index in [2.05, 4.69) is 27.2 Å². The Morgan fingerprint density at radius 3 is 2.94 bits per heavy atom. The second kappa shape index (κ2) is 4.79. The highest BCUT2D eigenvalue weighted by Crippen LogP contribution is 2.17. The number of rotatable bonds is 4. The fraction of sp³-hybridized carbons (Fsp3) is 0.333. The van der Waals surface area contributed by atoms with Crippen LogP contribution in [0.1, 0.15) is 30.9 Å². The van der Waals surface area contributed by atoms with Gasteiger partial charge in [-0.2, -0.15) is 0 Å². The summed E-state index contributed by atoms with van der Waals surface area (Å²) < 4.78 is 0. The number of pyridine rings is 1. The molecule has 4 nitrogen and oxygen atoms in total. The van der Waals surface area contributed by atoms with Crippen LogP contribution >= 0.6 is 0 Å². The average molecular weight is 216 g/mol. The molecule has 0 bridgehead atoms. The van der Waals surface area contributed by atoms with Crippen molar-refractivity contribution < 1.29 is 0 Å². The van der Waals surface area contributed by atoms with Crippen molar-refractivity contribution in [2.75, 3.05) is 5.32 Å². The maximum atomic E-state index is 4.42. The molecule has 2 heterocycles. The smallest absolute Gasteiger partial charge is 0.128 e. The lowest BCUT2D eigenvalue weighted by Crippen LogP contribution is -2.12. The first kappa shape index (κ1) is 10.7. The summed E-state index contributed by atoms with van der Waals surface area (Å²) in [6.07, 6.45) is 4.57. The molecule has 4 heteroatoms. The normalized spacial score (nSPS) is 12.4. The molecule has 0 aliphatic carbocycles. The van der Waals surface area contributed by atoms with E-state index in [-0.39, 0.29) is 6.04 Å². The van der Waals surface area contributed by atoms with Gasteiger partial charge in [-0.1, -0.05) is 13.0 Å². The topological polar surface area (TPSA) is 53.6 Å². The zero-order valence-corrected chi connectivity index (χ0v) is 9.57. The molecular formula is C12H16N4. The molecule has 84 valence electrons. The van der Waals surface area contributed by atoms with Gasteiger partial charge in [0.2, 0.25) is 0 Å². The quantitative estimate of drug-likeness (QED) is 0.826. The first-order valence-electron chi connectivity index (χ1n) is 5.49. The van der Waals surface area contributed by atoms with Crippen molar-refractivity contribution in [1.82, 2.24) is 15.0 Å². The van der Waals surface area contributed by atoms with E-state index in [4.69, 9.17) is 0 Å². The van der Waals surface area contributed by atoms with E-state index >= 15 is 0 Å². The molecule has 0 saturated carbocycles. The Hall–Kier alpha value is -1.84. The summed E-state index contributed by atoms with van der Waals surface area (Å²) in [4.78, 5) is 11.8. The monoisotopic (exact) mass is 216 g/mol.